The lowest BCUT2D eigenvalue weighted by atomic mass is 10.1. The molecule has 2 aromatic carbocycles. The van der Waals surface area contributed by atoms with Crippen molar-refractivity contribution in [2.75, 3.05) is 20.3 Å². The summed E-state index contributed by atoms with van der Waals surface area (Å²) in [6, 6.07) is 14.4. The zero-order valence-electron chi connectivity index (χ0n) is 16.3. The van der Waals surface area contributed by atoms with Crippen molar-refractivity contribution in [2.45, 2.75) is 0 Å². The number of rotatable bonds is 7. The van der Waals surface area contributed by atoms with Gasteiger partial charge >= 0.3 is 0 Å². The average Bonchev–Trinajstić information content (AvgIpc) is 3.07. The molecule has 0 aliphatic heterocycles. The first-order valence-corrected chi connectivity index (χ1v) is 9.13. The standard InChI is InChI=1S/C22H23N3O4/c1-25-14-16(18-5-3-4-6-20(18)25)13-19(22(28)23-11-12-26)24-21(27)15-7-9-17(29-2)10-8-15/h3-10,13-14,26H,11-12H2,1-2H3,(H,23,28)(H,24,27)/b19-13-. The number of nitrogens with zero attached hydrogens (tertiary/aromatic N) is 1. The molecule has 3 aromatic rings. The van der Waals surface area contributed by atoms with Crippen molar-refractivity contribution in [3.05, 3.63) is 71.6 Å². The number of aryl methyl sites for hydroxylation is 1. The minimum atomic E-state index is -0.478. The molecule has 0 aliphatic rings. The number of benzene rings is 2. The van der Waals surface area contributed by atoms with Crippen LogP contribution in [0.25, 0.3) is 17.0 Å². The van der Waals surface area contributed by atoms with E-state index in [1.165, 1.54) is 0 Å². The van der Waals surface area contributed by atoms with Crippen LogP contribution in [0.3, 0.4) is 0 Å². The lowest BCUT2D eigenvalue weighted by molar-refractivity contribution is -0.117. The maximum absolute atomic E-state index is 12.7. The van der Waals surface area contributed by atoms with E-state index in [2.05, 4.69) is 10.6 Å². The van der Waals surface area contributed by atoms with Gasteiger partial charge in [0.1, 0.15) is 11.4 Å². The maximum atomic E-state index is 12.7. The lowest BCUT2D eigenvalue weighted by Crippen LogP contribution is -2.36. The van der Waals surface area contributed by atoms with E-state index in [4.69, 9.17) is 9.84 Å². The molecule has 7 nitrogen and oxygen atoms in total. The molecule has 29 heavy (non-hydrogen) atoms. The zero-order chi connectivity index (χ0) is 20.8. The normalized spacial score (nSPS) is 11.3. The van der Waals surface area contributed by atoms with E-state index in [0.29, 0.717) is 11.3 Å². The molecule has 7 heteroatoms. The number of fused-ring (bicyclic) bond motifs is 1. The lowest BCUT2D eigenvalue weighted by Gasteiger charge is -2.11. The van der Waals surface area contributed by atoms with Gasteiger partial charge in [-0.3, -0.25) is 9.59 Å². The van der Waals surface area contributed by atoms with Crippen molar-refractivity contribution in [3.8, 4) is 5.75 Å². The van der Waals surface area contributed by atoms with Crippen LogP contribution in [0.2, 0.25) is 0 Å². The highest BCUT2D eigenvalue weighted by molar-refractivity contribution is 6.06. The number of amides is 2. The van der Waals surface area contributed by atoms with Gasteiger partial charge in [0.05, 0.1) is 13.7 Å². The van der Waals surface area contributed by atoms with Gasteiger partial charge < -0.3 is 25.0 Å². The second kappa shape index (κ2) is 9.07. The summed E-state index contributed by atoms with van der Waals surface area (Å²) in [5.74, 6) is -0.263. The van der Waals surface area contributed by atoms with Crippen molar-refractivity contribution >= 4 is 28.8 Å². The predicted octanol–water partition coefficient (Wildman–Crippen LogP) is 2.07. The van der Waals surface area contributed by atoms with Crippen LogP contribution in [-0.2, 0) is 11.8 Å². The molecule has 0 saturated carbocycles. The number of ether oxygens (including phenoxy) is 1. The van der Waals surface area contributed by atoms with Crippen LogP contribution in [-0.4, -0.2) is 41.7 Å². The molecule has 150 valence electrons. The summed E-state index contributed by atoms with van der Waals surface area (Å²) in [7, 11) is 3.46. The number of carbonyl (C=O) groups excluding carboxylic acids is 2. The third kappa shape index (κ3) is 4.64. The first-order chi connectivity index (χ1) is 14.0. The Hall–Kier alpha value is -3.58. The van der Waals surface area contributed by atoms with E-state index in [9.17, 15) is 9.59 Å². The molecule has 3 rings (SSSR count). The Morgan fingerprint density at radius 2 is 1.86 bits per heavy atom. The van der Waals surface area contributed by atoms with E-state index in [1.54, 1.807) is 37.5 Å². The van der Waals surface area contributed by atoms with Crippen molar-refractivity contribution in [3.63, 3.8) is 0 Å². The monoisotopic (exact) mass is 393 g/mol. The third-order valence-electron chi connectivity index (χ3n) is 4.47. The smallest absolute Gasteiger partial charge is 0.267 e. The second-order valence-electron chi connectivity index (χ2n) is 6.43. The summed E-state index contributed by atoms with van der Waals surface area (Å²) in [4.78, 5) is 25.2. The third-order valence-corrected chi connectivity index (χ3v) is 4.47. The molecule has 0 spiro atoms. The highest BCUT2D eigenvalue weighted by atomic mass is 16.5. The Morgan fingerprint density at radius 3 is 2.55 bits per heavy atom. The molecule has 1 heterocycles. The van der Waals surface area contributed by atoms with Gasteiger partial charge in [0, 0.05) is 41.8 Å². The van der Waals surface area contributed by atoms with Crippen LogP contribution in [0, 0.1) is 0 Å². The summed E-state index contributed by atoms with van der Waals surface area (Å²) in [6.07, 6.45) is 3.53. The van der Waals surface area contributed by atoms with Crippen molar-refractivity contribution in [2.24, 2.45) is 7.05 Å². The molecule has 0 saturated heterocycles. The first kappa shape index (κ1) is 20.2. The summed E-state index contributed by atoms with van der Waals surface area (Å²) < 4.78 is 7.06. The van der Waals surface area contributed by atoms with Gasteiger partial charge in [-0.25, -0.2) is 0 Å². The number of carbonyl (C=O) groups is 2. The van der Waals surface area contributed by atoms with E-state index >= 15 is 0 Å². The van der Waals surface area contributed by atoms with Crippen LogP contribution >= 0.6 is 0 Å². The summed E-state index contributed by atoms with van der Waals surface area (Å²) >= 11 is 0. The minimum absolute atomic E-state index is 0.0874. The number of nitrogens with one attached hydrogen (secondary N) is 2. The molecule has 0 atom stereocenters. The molecule has 0 fully saturated rings. The zero-order valence-corrected chi connectivity index (χ0v) is 16.3. The quantitative estimate of drug-likeness (QED) is 0.536. The summed E-state index contributed by atoms with van der Waals surface area (Å²) in [5.41, 5.74) is 2.29. The fourth-order valence-corrected chi connectivity index (χ4v) is 3.00. The van der Waals surface area contributed by atoms with E-state index in [1.807, 2.05) is 42.1 Å². The summed E-state index contributed by atoms with van der Waals surface area (Å²) in [6.45, 7) is -0.107. The molecule has 1 aromatic heterocycles. The van der Waals surface area contributed by atoms with Crippen LogP contribution in [0.5, 0.6) is 5.75 Å². The highest BCUT2D eigenvalue weighted by Gasteiger charge is 2.16. The highest BCUT2D eigenvalue weighted by Crippen LogP contribution is 2.22. The van der Waals surface area contributed by atoms with Crippen LogP contribution in [0.1, 0.15) is 15.9 Å². The van der Waals surface area contributed by atoms with Crippen LogP contribution < -0.4 is 15.4 Å². The fourth-order valence-electron chi connectivity index (χ4n) is 3.00. The Kier molecular flexibility index (Phi) is 6.31. The molecule has 0 aliphatic carbocycles. The topological polar surface area (TPSA) is 92.6 Å². The summed E-state index contributed by atoms with van der Waals surface area (Å²) in [5, 5.41) is 15.2. The Balaban J connectivity index is 1.94. The van der Waals surface area contributed by atoms with Crippen molar-refractivity contribution in [1.82, 2.24) is 15.2 Å². The Labute approximate surface area is 168 Å². The average molecular weight is 393 g/mol. The second-order valence-corrected chi connectivity index (χ2v) is 6.43. The van der Waals surface area contributed by atoms with Gasteiger partial charge in [0.25, 0.3) is 11.8 Å². The number of hydrogen-bond acceptors (Lipinski definition) is 4. The van der Waals surface area contributed by atoms with Gasteiger partial charge in [-0.15, -0.1) is 0 Å². The SMILES string of the molecule is COc1ccc(C(=O)N/C(=C\c2cn(C)c3ccccc23)C(=O)NCCO)cc1. The Bertz CT molecular complexity index is 1050. The molecule has 3 N–H and O–H groups in total. The number of para-hydroxylation sites is 1. The van der Waals surface area contributed by atoms with Gasteiger partial charge in [0.2, 0.25) is 0 Å². The van der Waals surface area contributed by atoms with Crippen molar-refractivity contribution in [1.29, 1.82) is 0 Å². The predicted molar refractivity (Wildman–Crippen MR) is 111 cm³/mol. The Morgan fingerprint density at radius 1 is 1.14 bits per heavy atom. The number of aliphatic hydroxyl groups excluding tert-OH is 1. The van der Waals surface area contributed by atoms with Crippen molar-refractivity contribution < 1.29 is 19.4 Å². The molecule has 0 bridgehead atoms. The largest absolute Gasteiger partial charge is 0.497 e. The molecule has 0 unspecified atom stereocenters. The number of aromatic nitrogens is 1. The number of hydrogen-bond donors (Lipinski definition) is 3. The molecule has 0 radical (unpaired) electrons. The van der Waals surface area contributed by atoms with E-state index in [-0.39, 0.29) is 18.8 Å². The van der Waals surface area contributed by atoms with Gasteiger partial charge in [-0.2, -0.15) is 0 Å². The van der Waals surface area contributed by atoms with Gasteiger partial charge in [-0.05, 0) is 36.4 Å². The van der Waals surface area contributed by atoms with Gasteiger partial charge in [-0.1, -0.05) is 18.2 Å². The fraction of sp³-hybridized carbons (Fsp3) is 0.182. The minimum Gasteiger partial charge on any atom is -0.497 e. The molecular formula is C22H23N3O4. The van der Waals surface area contributed by atoms with Crippen LogP contribution in [0.4, 0.5) is 0 Å². The number of aliphatic hydroxyl groups is 1. The maximum Gasteiger partial charge on any atom is 0.267 e. The molecular weight excluding hydrogens is 370 g/mol. The first-order valence-electron chi connectivity index (χ1n) is 9.13. The molecule has 2 amide bonds. The van der Waals surface area contributed by atoms with E-state index < -0.39 is 11.8 Å². The number of methoxy groups -OCH3 is 1. The van der Waals surface area contributed by atoms with E-state index in [0.717, 1.165) is 16.5 Å². The van der Waals surface area contributed by atoms with Crippen LogP contribution in [0.15, 0.2) is 60.4 Å². The van der Waals surface area contributed by atoms with Gasteiger partial charge in [0.15, 0.2) is 0 Å².